The lowest BCUT2D eigenvalue weighted by Crippen LogP contribution is -2.40. The van der Waals surface area contributed by atoms with E-state index in [1.165, 1.54) is 19.1 Å². The minimum Gasteiger partial charge on any atom is -0.461 e. The van der Waals surface area contributed by atoms with E-state index in [0.29, 0.717) is 5.57 Å². The Balaban J connectivity index is 2.49. The predicted molar refractivity (Wildman–Crippen MR) is 90.4 cm³/mol. The fraction of sp³-hybridized carbons (Fsp3) is 0.526. The third-order valence-electron chi connectivity index (χ3n) is 4.41. The third kappa shape index (κ3) is 4.25. The van der Waals surface area contributed by atoms with Crippen molar-refractivity contribution < 1.29 is 29.0 Å². The Labute approximate surface area is 147 Å². The summed E-state index contributed by atoms with van der Waals surface area (Å²) in [6.45, 7) is 10.3. The van der Waals surface area contributed by atoms with Crippen molar-refractivity contribution in [1.29, 1.82) is 0 Å². The summed E-state index contributed by atoms with van der Waals surface area (Å²) in [5.74, 6) is -2.34. The molecule has 0 unspecified atom stereocenters. The van der Waals surface area contributed by atoms with Gasteiger partial charge in [-0.2, -0.15) is 0 Å². The van der Waals surface area contributed by atoms with E-state index in [0.717, 1.165) is 0 Å². The molecule has 2 rings (SSSR count). The largest absolute Gasteiger partial charge is 0.461 e. The van der Waals surface area contributed by atoms with Crippen LogP contribution in [-0.2, 0) is 23.9 Å². The SMILES string of the molecule is C=C1C(=O)O[C@H]2/C=C(/C)C(=O)/C=C/[C@](C)(O)C[C@@H](OC(=O)C(C)C)[C@@H]12. The molecule has 136 valence electrons. The number of hydrogen-bond acceptors (Lipinski definition) is 6. The molecule has 0 aromatic heterocycles. The summed E-state index contributed by atoms with van der Waals surface area (Å²) < 4.78 is 10.9. The quantitative estimate of drug-likeness (QED) is 0.605. The maximum Gasteiger partial charge on any atom is 0.334 e. The summed E-state index contributed by atoms with van der Waals surface area (Å²) in [6.07, 6.45) is 2.64. The summed E-state index contributed by atoms with van der Waals surface area (Å²) in [4.78, 5) is 36.2. The van der Waals surface area contributed by atoms with Gasteiger partial charge in [-0.25, -0.2) is 4.79 Å². The molecular formula is C19H24O6. The van der Waals surface area contributed by atoms with Crippen molar-refractivity contribution in [3.05, 3.63) is 36.0 Å². The van der Waals surface area contributed by atoms with Crippen LogP contribution in [0.15, 0.2) is 36.0 Å². The molecule has 4 atom stereocenters. The predicted octanol–water partition coefficient (Wildman–Crippen LogP) is 1.88. The summed E-state index contributed by atoms with van der Waals surface area (Å²) >= 11 is 0. The van der Waals surface area contributed by atoms with E-state index in [4.69, 9.17) is 9.47 Å². The zero-order valence-corrected chi connectivity index (χ0v) is 14.9. The molecule has 1 fully saturated rings. The molecule has 1 saturated heterocycles. The smallest absolute Gasteiger partial charge is 0.334 e. The molecule has 0 saturated carbocycles. The Morgan fingerprint density at radius 1 is 1.44 bits per heavy atom. The number of ether oxygens (including phenoxy) is 2. The molecule has 0 aromatic carbocycles. The molecule has 1 aliphatic heterocycles. The maximum atomic E-state index is 12.1. The molecular weight excluding hydrogens is 324 g/mol. The molecule has 1 aliphatic carbocycles. The molecule has 0 amide bonds. The van der Waals surface area contributed by atoms with E-state index >= 15 is 0 Å². The molecule has 0 radical (unpaired) electrons. The summed E-state index contributed by atoms with van der Waals surface area (Å²) in [7, 11) is 0. The normalized spacial score (nSPS) is 36.3. The number of esters is 2. The fourth-order valence-electron chi connectivity index (χ4n) is 2.90. The lowest BCUT2D eigenvalue weighted by atomic mass is 9.82. The van der Waals surface area contributed by atoms with Crippen LogP contribution in [-0.4, -0.2) is 40.6 Å². The third-order valence-corrected chi connectivity index (χ3v) is 4.41. The highest BCUT2D eigenvalue weighted by Crippen LogP contribution is 2.37. The van der Waals surface area contributed by atoms with Gasteiger partial charge in [-0.3, -0.25) is 9.59 Å². The summed E-state index contributed by atoms with van der Waals surface area (Å²) in [5.41, 5.74) is -0.852. The minimum atomic E-state index is -1.40. The molecule has 0 spiro atoms. The van der Waals surface area contributed by atoms with Crippen LogP contribution in [0.1, 0.15) is 34.1 Å². The molecule has 0 aromatic rings. The van der Waals surface area contributed by atoms with Gasteiger partial charge >= 0.3 is 11.9 Å². The lowest BCUT2D eigenvalue weighted by Gasteiger charge is -2.32. The van der Waals surface area contributed by atoms with Gasteiger partial charge in [0, 0.05) is 12.0 Å². The first-order valence-corrected chi connectivity index (χ1v) is 8.26. The maximum absolute atomic E-state index is 12.1. The molecule has 2 aliphatic rings. The second-order valence-electron chi connectivity index (χ2n) is 7.16. The van der Waals surface area contributed by atoms with Crippen molar-refractivity contribution in [2.75, 3.05) is 0 Å². The topological polar surface area (TPSA) is 89.9 Å². The number of carbonyl (C=O) groups excluding carboxylic acids is 3. The second kappa shape index (κ2) is 6.96. The lowest BCUT2D eigenvalue weighted by molar-refractivity contribution is -0.158. The van der Waals surface area contributed by atoms with Crippen LogP contribution < -0.4 is 0 Å². The van der Waals surface area contributed by atoms with Gasteiger partial charge in [0.1, 0.15) is 12.2 Å². The van der Waals surface area contributed by atoms with Crippen molar-refractivity contribution in [1.82, 2.24) is 0 Å². The Morgan fingerprint density at radius 3 is 2.68 bits per heavy atom. The Kier molecular flexibility index (Phi) is 5.32. The van der Waals surface area contributed by atoms with Crippen molar-refractivity contribution in [2.24, 2.45) is 11.8 Å². The Bertz CT molecular complexity index is 667. The number of ketones is 1. The molecule has 0 bridgehead atoms. The highest BCUT2D eigenvalue weighted by atomic mass is 16.6. The number of aliphatic hydroxyl groups is 1. The van der Waals surface area contributed by atoms with Gasteiger partial charge in [-0.05, 0) is 37.6 Å². The monoisotopic (exact) mass is 348 g/mol. The van der Waals surface area contributed by atoms with Gasteiger partial charge in [0.25, 0.3) is 0 Å². The molecule has 1 heterocycles. The van der Waals surface area contributed by atoms with Crippen molar-refractivity contribution >= 4 is 17.7 Å². The van der Waals surface area contributed by atoms with Gasteiger partial charge in [0.05, 0.1) is 17.4 Å². The van der Waals surface area contributed by atoms with Crippen LogP contribution in [0.25, 0.3) is 0 Å². The van der Waals surface area contributed by atoms with E-state index in [1.54, 1.807) is 26.8 Å². The number of hydrogen-bond donors (Lipinski definition) is 1. The van der Waals surface area contributed by atoms with Gasteiger partial charge < -0.3 is 14.6 Å². The second-order valence-corrected chi connectivity index (χ2v) is 7.16. The van der Waals surface area contributed by atoms with Crippen LogP contribution in [0.4, 0.5) is 0 Å². The number of carbonyl (C=O) groups is 3. The van der Waals surface area contributed by atoms with Gasteiger partial charge in [-0.15, -0.1) is 0 Å². The summed E-state index contributed by atoms with van der Waals surface area (Å²) in [6, 6.07) is 0. The van der Waals surface area contributed by atoms with E-state index in [-0.39, 0.29) is 23.7 Å². The first-order valence-electron chi connectivity index (χ1n) is 8.26. The zero-order valence-electron chi connectivity index (χ0n) is 14.9. The Hall–Kier alpha value is -2.21. The van der Waals surface area contributed by atoms with Crippen molar-refractivity contribution in [3.8, 4) is 0 Å². The van der Waals surface area contributed by atoms with Crippen LogP contribution in [0.3, 0.4) is 0 Å². The van der Waals surface area contributed by atoms with Crippen molar-refractivity contribution in [3.63, 3.8) is 0 Å². The fourth-order valence-corrected chi connectivity index (χ4v) is 2.90. The highest BCUT2D eigenvalue weighted by Gasteiger charge is 2.46. The van der Waals surface area contributed by atoms with Gasteiger partial charge in [0.15, 0.2) is 5.78 Å². The van der Waals surface area contributed by atoms with Crippen LogP contribution in [0, 0.1) is 11.8 Å². The minimum absolute atomic E-state index is 0.0129. The van der Waals surface area contributed by atoms with Crippen LogP contribution in [0.2, 0.25) is 0 Å². The first kappa shape index (κ1) is 19.1. The van der Waals surface area contributed by atoms with Crippen LogP contribution >= 0.6 is 0 Å². The van der Waals surface area contributed by atoms with E-state index in [1.807, 2.05) is 0 Å². The molecule has 6 heteroatoms. The average molecular weight is 348 g/mol. The average Bonchev–Trinajstić information content (AvgIpc) is 2.77. The van der Waals surface area contributed by atoms with Gasteiger partial charge in [0.2, 0.25) is 0 Å². The van der Waals surface area contributed by atoms with E-state index in [2.05, 4.69) is 6.58 Å². The molecule has 6 nitrogen and oxygen atoms in total. The van der Waals surface area contributed by atoms with Crippen LogP contribution in [0.5, 0.6) is 0 Å². The van der Waals surface area contributed by atoms with Crippen molar-refractivity contribution in [2.45, 2.75) is 51.9 Å². The highest BCUT2D eigenvalue weighted by molar-refractivity contribution is 6.03. The zero-order chi connectivity index (χ0) is 18.9. The van der Waals surface area contributed by atoms with E-state index < -0.39 is 35.7 Å². The molecule has 1 N–H and O–H groups in total. The van der Waals surface area contributed by atoms with Gasteiger partial charge in [-0.1, -0.05) is 20.4 Å². The summed E-state index contributed by atoms with van der Waals surface area (Å²) in [5, 5.41) is 10.6. The van der Waals surface area contributed by atoms with E-state index in [9.17, 15) is 19.5 Å². The number of fused-ring (bicyclic) bond motifs is 1. The number of allylic oxidation sites excluding steroid dienone is 2. The number of rotatable bonds is 2. The standard InChI is InChI=1S/C19H24O6/c1-10(2)17(21)25-15-9-19(5,23)7-6-13(20)11(3)8-14-16(15)12(4)18(22)24-14/h6-8,10,14-16,23H,4,9H2,1-3,5H3/b7-6+,11-8-/t14-,15+,16-,19-/m0/s1. The Morgan fingerprint density at radius 2 is 2.08 bits per heavy atom. The first-order chi connectivity index (χ1) is 11.5. The molecule has 25 heavy (non-hydrogen) atoms.